The fourth-order valence-electron chi connectivity index (χ4n) is 3.05. The SMILES string of the molecule is COC(=O)C(=O)/C=C(\O)c1cn(Cc2ccccc2F)c(=O)n(Cc2ccccc2F)c1=O. The minimum absolute atomic E-state index is 0.0143. The summed E-state index contributed by atoms with van der Waals surface area (Å²) in [5.41, 5.74) is -2.35. The predicted molar refractivity (Wildman–Crippen MR) is 114 cm³/mol. The molecule has 10 heteroatoms. The van der Waals surface area contributed by atoms with Crippen LogP contribution in [0.15, 0.2) is 70.4 Å². The molecule has 0 unspecified atom stereocenters. The molecular weight excluding hydrogens is 438 g/mol. The number of nitrogens with zero attached hydrogens (tertiary/aromatic N) is 2. The third kappa shape index (κ3) is 5.12. The Balaban J connectivity index is 2.19. The molecule has 0 atom stereocenters. The number of ether oxygens (including phenoxy) is 1. The minimum Gasteiger partial charge on any atom is -0.507 e. The van der Waals surface area contributed by atoms with E-state index in [4.69, 9.17) is 0 Å². The number of hydrogen-bond donors (Lipinski definition) is 1. The van der Waals surface area contributed by atoms with Crippen molar-refractivity contribution >= 4 is 17.5 Å². The van der Waals surface area contributed by atoms with E-state index in [1.54, 1.807) is 6.07 Å². The summed E-state index contributed by atoms with van der Waals surface area (Å²) in [5.74, 6) is -4.73. The molecule has 0 radical (unpaired) electrons. The van der Waals surface area contributed by atoms with E-state index in [1.165, 1.54) is 36.4 Å². The summed E-state index contributed by atoms with van der Waals surface area (Å²) in [6.07, 6.45) is 1.40. The lowest BCUT2D eigenvalue weighted by molar-refractivity contribution is -0.149. The number of aliphatic hydroxyl groups excluding tert-OH is 1. The van der Waals surface area contributed by atoms with Gasteiger partial charge in [-0.2, -0.15) is 0 Å². The molecule has 0 aliphatic carbocycles. The van der Waals surface area contributed by atoms with E-state index < -0.39 is 52.5 Å². The molecule has 0 saturated carbocycles. The van der Waals surface area contributed by atoms with Crippen LogP contribution in [0.4, 0.5) is 8.78 Å². The van der Waals surface area contributed by atoms with Crippen molar-refractivity contribution in [2.45, 2.75) is 13.1 Å². The summed E-state index contributed by atoms with van der Waals surface area (Å²) in [5, 5.41) is 10.4. The Morgan fingerprint density at radius 3 is 2.06 bits per heavy atom. The zero-order valence-electron chi connectivity index (χ0n) is 17.3. The number of aliphatic hydroxyl groups is 1. The van der Waals surface area contributed by atoms with Gasteiger partial charge in [-0.1, -0.05) is 36.4 Å². The van der Waals surface area contributed by atoms with Gasteiger partial charge in [0.15, 0.2) is 0 Å². The van der Waals surface area contributed by atoms with Gasteiger partial charge in [0.2, 0.25) is 0 Å². The van der Waals surface area contributed by atoms with Crippen molar-refractivity contribution in [1.82, 2.24) is 9.13 Å². The van der Waals surface area contributed by atoms with Crippen molar-refractivity contribution in [3.05, 3.63) is 110 Å². The molecule has 33 heavy (non-hydrogen) atoms. The Labute approximate surface area is 185 Å². The number of carbonyl (C=O) groups is 2. The van der Waals surface area contributed by atoms with Gasteiger partial charge in [-0.15, -0.1) is 0 Å². The summed E-state index contributed by atoms with van der Waals surface area (Å²) >= 11 is 0. The first kappa shape index (κ1) is 23.3. The van der Waals surface area contributed by atoms with Crippen LogP contribution in [-0.4, -0.2) is 33.1 Å². The van der Waals surface area contributed by atoms with Crippen molar-refractivity contribution in [3.63, 3.8) is 0 Å². The molecule has 0 aliphatic rings. The van der Waals surface area contributed by atoms with Crippen LogP contribution in [0, 0.1) is 11.6 Å². The van der Waals surface area contributed by atoms with Crippen LogP contribution in [0.2, 0.25) is 0 Å². The fourth-order valence-corrected chi connectivity index (χ4v) is 3.05. The number of ketones is 1. The number of halogens is 2. The van der Waals surface area contributed by atoms with Crippen LogP contribution in [0.25, 0.3) is 5.76 Å². The summed E-state index contributed by atoms with van der Waals surface area (Å²) in [6.45, 7) is -0.817. The molecule has 2 aromatic carbocycles. The number of methoxy groups -OCH3 is 1. The van der Waals surface area contributed by atoms with Crippen LogP contribution in [-0.2, 0) is 27.4 Å². The maximum absolute atomic E-state index is 14.2. The van der Waals surface area contributed by atoms with E-state index in [9.17, 15) is 33.1 Å². The van der Waals surface area contributed by atoms with Gasteiger partial charge in [0.25, 0.3) is 11.3 Å². The molecule has 0 fully saturated rings. The van der Waals surface area contributed by atoms with Gasteiger partial charge < -0.3 is 9.84 Å². The quantitative estimate of drug-likeness (QED) is 0.252. The van der Waals surface area contributed by atoms with Gasteiger partial charge in [-0.3, -0.25) is 18.7 Å². The summed E-state index contributed by atoms with van der Waals surface area (Å²) in [6, 6.07) is 11.1. The Bertz CT molecular complexity index is 1370. The highest BCUT2D eigenvalue weighted by atomic mass is 19.1. The molecule has 0 bridgehead atoms. The first-order chi connectivity index (χ1) is 15.7. The van der Waals surface area contributed by atoms with Gasteiger partial charge >= 0.3 is 11.7 Å². The third-order valence-corrected chi connectivity index (χ3v) is 4.75. The van der Waals surface area contributed by atoms with E-state index in [1.807, 2.05) is 0 Å². The van der Waals surface area contributed by atoms with Crippen molar-refractivity contribution in [2.24, 2.45) is 0 Å². The second-order valence-corrected chi connectivity index (χ2v) is 6.91. The first-order valence-electron chi connectivity index (χ1n) is 9.57. The van der Waals surface area contributed by atoms with E-state index in [-0.39, 0.29) is 17.7 Å². The van der Waals surface area contributed by atoms with Crippen LogP contribution < -0.4 is 11.2 Å². The van der Waals surface area contributed by atoms with Crippen molar-refractivity contribution in [2.75, 3.05) is 7.11 Å². The topological polar surface area (TPSA) is 108 Å². The zero-order valence-corrected chi connectivity index (χ0v) is 17.3. The number of aromatic nitrogens is 2. The maximum Gasteiger partial charge on any atom is 0.378 e. The molecule has 3 rings (SSSR count). The Morgan fingerprint density at radius 1 is 0.970 bits per heavy atom. The minimum atomic E-state index is -1.28. The van der Waals surface area contributed by atoms with Crippen LogP contribution in [0.1, 0.15) is 16.7 Å². The average molecular weight is 456 g/mol. The van der Waals surface area contributed by atoms with E-state index >= 15 is 0 Å². The monoisotopic (exact) mass is 456 g/mol. The molecule has 0 aliphatic heterocycles. The molecular formula is C23H18F2N2O6. The first-order valence-corrected chi connectivity index (χ1v) is 9.57. The summed E-state index contributed by atoms with van der Waals surface area (Å²) < 4.78 is 34.2. The smallest absolute Gasteiger partial charge is 0.378 e. The highest BCUT2D eigenvalue weighted by Crippen LogP contribution is 2.12. The predicted octanol–water partition coefficient (Wildman–Crippen LogP) is 2.03. The normalized spacial score (nSPS) is 11.3. The van der Waals surface area contributed by atoms with Crippen molar-refractivity contribution < 1.29 is 28.2 Å². The Kier molecular flexibility index (Phi) is 6.97. The zero-order chi connectivity index (χ0) is 24.1. The highest BCUT2D eigenvalue weighted by Gasteiger charge is 2.19. The van der Waals surface area contributed by atoms with E-state index in [0.717, 1.165) is 23.9 Å². The summed E-state index contributed by atoms with van der Waals surface area (Å²) in [4.78, 5) is 49.1. The number of carbonyl (C=O) groups excluding carboxylic acids is 2. The average Bonchev–Trinajstić information content (AvgIpc) is 2.80. The molecule has 0 spiro atoms. The van der Waals surface area contributed by atoms with Gasteiger partial charge in [0.1, 0.15) is 17.4 Å². The largest absolute Gasteiger partial charge is 0.507 e. The number of benzene rings is 2. The molecule has 170 valence electrons. The second kappa shape index (κ2) is 9.86. The molecule has 8 nitrogen and oxygen atoms in total. The van der Waals surface area contributed by atoms with Crippen LogP contribution in [0.3, 0.4) is 0 Å². The maximum atomic E-state index is 14.2. The lowest BCUT2D eigenvalue weighted by Crippen LogP contribution is -2.42. The molecule has 3 aromatic rings. The molecule has 0 amide bonds. The fraction of sp³-hybridized carbons (Fsp3) is 0.130. The van der Waals surface area contributed by atoms with Gasteiger partial charge in [0.05, 0.1) is 25.8 Å². The van der Waals surface area contributed by atoms with E-state index in [0.29, 0.717) is 10.6 Å². The van der Waals surface area contributed by atoms with Gasteiger partial charge in [-0.05, 0) is 12.1 Å². The lowest BCUT2D eigenvalue weighted by Gasteiger charge is -2.14. The molecule has 1 heterocycles. The Morgan fingerprint density at radius 2 is 1.52 bits per heavy atom. The van der Waals surface area contributed by atoms with E-state index in [2.05, 4.69) is 4.74 Å². The number of esters is 1. The highest BCUT2D eigenvalue weighted by molar-refractivity contribution is 6.39. The second-order valence-electron chi connectivity index (χ2n) is 6.91. The lowest BCUT2D eigenvalue weighted by atomic mass is 10.2. The standard InChI is InChI=1S/C23H18F2N2O6/c1-33-22(31)20(29)10-19(28)16-13-26(11-14-6-2-4-8-17(14)24)23(32)27(21(16)30)12-15-7-3-5-9-18(15)25/h2-10,13,28H,11-12H2,1H3/b19-10-. The molecule has 1 aromatic heterocycles. The van der Waals surface area contributed by atoms with Crippen LogP contribution in [0.5, 0.6) is 0 Å². The molecule has 1 N–H and O–H groups in total. The number of rotatable bonds is 7. The van der Waals surface area contributed by atoms with Crippen LogP contribution >= 0.6 is 0 Å². The van der Waals surface area contributed by atoms with Gasteiger partial charge in [0, 0.05) is 23.4 Å². The Hall–Kier alpha value is -4.34. The number of hydrogen-bond acceptors (Lipinski definition) is 6. The third-order valence-electron chi connectivity index (χ3n) is 4.75. The molecule has 0 saturated heterocycles. The van der Waals surface area contributed by atoms with Crippen molar-refractivity contribution in [3.8, 4) is 0 Å². The summed E-state index contributed by atoms with van der Waals surface area (Å²) in [7, 11) is 0.959. The van der Waals surface area contributed by atoms with Gasteiger partial charge in [-0.25, -0.2) is 18.4 Å². The van der Waals surface area contributed by atoms with Crippen molar-refractivity contribution in [1.29, 1.82) is 0 Å².